The summed E-state index contributed by atoms with van der Waals surface area (Å²) in [5.74, 6) is 1.02. The first kappa shape index (κ1) is 17.7. The number of halogens is 1. The minimum absolute atomic E-state index is 0. The fraction of sp³-hybridized carbons (Fsp3) is 0.357. The molecule has 0 unspecified atom stereocenters. The van der Waals surface area contributed by atoms with Gasteiger partial charge in [0.25, 0.3) is 0 Å². The second-order valence-electron chi connectivity index (χ2n) is 4.30. The number of aromatic nitrogens is 4. The summed E-state index contributed by atoms with van der Waals surface area (Å²) >= 11 is 1.68. The number of rotatable bonds is 8. The van der Waals surface area contributed by atoms with Crippen molar-refractivity contribution >= 4 is 30.2 Å². The molecule has 21 heavy (non-hydrogen) atoms. The maximum atomic E-state index is 3.93. The van der Waals surface area contributed by atoms with E-state index in [9.17, 15) is 0 Å². The zero-order valence-electron chi connectivity index (χ0n) is 12.0. The molecule has 0 aliphatic rings. The van der Waals surface area contributed by atoms with Crippen molar-refractivity contribution in [1.29, 1.82) is 0 Å². The Bertz CT molecular complexity index is 529. The fourth-order valence-electron chi connectivity index (χ4n) is 1.65. The van der Waals surface area contributed by atoms with Crippen LogP contribution in [0.4, 0.5) is 0 Å². The monoisotopic (exact) mass is 325 g/mol. The highest BCUT2D eigenvalue weighted by Gasteiger charge is 2.01. The van der Waals surface area contributed by atoms with Crippen molar-refractivity contribution in [3.8, 4) is 0 Å². The molecule has 0 amide bonds. The van der Waals surface area contributed by atoms with Crippen LogP contribution in [0.1, 0.15) is 12.0 Å². The van der Waals surface area contributed by atoms with Gasteiger partial charge < -0.3 is 5.32 Å². The van der Waals surface area contributed by atoms with Gasteiger partial charge in [-0.05, 0) is 29.0 Å². The van der Waals surface area contributed by atoms with E-state index in [1.165, 1.54) is 5.56 Å². The molecule has 0 aliphatic carbocycles. The molecule has 1 aromatic heterocycles. The highest BCUT2D eigenvalue weighted by atomic mass is 35.5. The Morgan fingerprint density at radius 3 is 2.81 bits per heavy atom. The largest absolute Gasteiger partial charge is 0.313 e. The number of hydrogen-bond donors (Lipinski definition) is 1. The fourth-order valence-corrected chi connectivity index (χ4v) is 2.44. The van der Waals surface area contributed by atoms with Crippen LogP contribution in [-0.2, 0) is 7.05 Å². The lowest BCUT2D eigenvalue weighted by molar-refractivity contribution is 0.663. The smallest absolute Gasteiger partial charge is 0.209 e. The summed E-state index contributed by atoms with van der Waals surface area (Å²) in [7, 11) is 1.86. The van der Waals surface area contributed by atoms with Crippen molar-refractivity contribution in [2.45, 2.75) is 11.6 Å². The SMILES string of the molecule is Cl.Cn1nnnc1SCCCNCC=Cc1ccccc1. The maximum absolute atomic E-state index is 3.93. The average molecular weight is 326 g/mol. The Morgan fingerprint density at radius 1 is 1.29 bits per heavy atom. The van der Waals surface area contributed by atoms with Crippen molar-refractivity contribution in [1.82, 2.24) is 25.5 Å². The van der Waals surface area contributed by atoms with E-state index >= 15 is 0 Å². The summed E-state index contributed by atoms with van der Waals surface area (Å²) in [6.07, 6.45) is 5.37. The number of aryl methyl sites for hydroxylation is 1. The van der Waals surface area contributed by atoms with Crippen LogP contribution in [0.3, 0.4) is 0 Å². The van der Waals surface area contributed by atoms with Gasteiger partial charge >= 0.3 is 0 Å². The van der Waals surface area contributed by atoms with Gasteiger partial charge in [-0.2, -0.15) is 0 Å². The van der Waals surface area contributed by atoms with Crippen LogP contribution in [0.2, 0.25) is 0 Å². The van der Waals surface area contributed by atoms with E-state index < -0.39 is 0 Å². The van der Waals surface area contributed by atoms with Crippen molar-refractivity contribution in [2.75, 3.05) is 18.8 Å². The molecule has 0 saturated carbocycles. The van der Waals surface area contributed by atoms with Crippen molar-refractivity contribution < 1.29 is 0 Å². The Morgan fingerprint density at radius 2 is 2.10 bits per heavy atom. The molecule has 0 aliphatic heterocycles. The highest BCUT2D eigenvalue weighted by molar-refractivity contribution is 7.99. The van der Waals surface area contributed by atoms with Crippen molar-refractivity contribution in [3.63, 3.8) is 0 Å². The summed E-state index contributed by atoms with van der Waals surface area (Å²) in [6.45, 7) is 1.89. The van der Waals surface area contributed by atoms with Crippen LogP contribution < -0.4 is 5.32 Å². The summed E-state index contributed by atoms with van der Waals surface area (Å²) in [4.78, 5) is 0. The molecule has 0 atom stereocenters. The third kappa shape index (κ3) is 6.75. The first-order chi connectivity index (χ1) is 9.86. The first-order valence-corrected chi connectivity index (χ1v) is 7.62. The van der Waals surface area contributed by atoms with E-state index in [0.717, 1.165) is 30.4 Å². The van der Waals surface area contributed by atoms with Crippen LogP contribution in [0.15, 0.2) is 41.6 Å². The molecule has 114 valence electrons. The molecule has 1 N–H and O–H groups in total. The van der Waals surface area contributed by atoms with Gasteiger partial charge in [0.05, 0.1) is 0 Å². The lowest BCUT2D eigenvalue weighted by Gasteiger charge is -2.01. The number of thioether (sulfide) groups is 1. The number of tetrazole rings is 1. The second-order valence-corrected chi connectivity index (χ2v) is 5.37. The summed E-state index contributed by atoms with van der Waals surface area (Å²) < 4.78 is 1.70. The Balaban J connectivity index is 0.00000220. The quantitative estimate of drug-likeness (QED) is 0.596. The zero-order valence-corrected chi connectivity index (χ0v) is 13.6. The molecule has 1 heterocycles. The van der Waals surface area contributed by atoms with Gasteiger partial charge in [-0.1, -0.05) is 54.2 Å². The normalized spacial score (nSPS) is 10.7. The molecule has 2 rings (SSSR count). The Kier molecular flexibility index (Phi) is 8.73. The Hall–Kier alpha value is -1.37. The predicted molar refractivity (Wildman–Crippen MR) is 89.7 cm³/mol. The molecule has 2 aromatic rings. The van der Waals surface area contributed by atoms with E-state index in [-0.39, 0.29) is 12.4 Å². The maximum Gasteiger partial charge on any atom is 0.209 e. The van der Waals surface area contributed by atoms with Gasteiger partial charge in [0, 0.05) is 19.3 Å². The zero-order chi connectivity index (χ0) is 14.0. The molecular formula is C14H20ClN5S. The van der Waals surface area contributed by atoms with Gasteiger partial charge in [-0.3, -0.25) is 0 Å². The lowest BCUT2D eigenvalue weighted by atomic mass is 10.2. The van der Waals surface area contributed by atoms with Crippen LogP contribution in [-0.4, -0.2) is 39.0 Å². The first-order valence-electron chi connectivity index (χ1n) is 6.64. The minimum atomic E-state index is 0. The minimum Gasteiger partial charge on any atom is -0.313 e. The topological polar surface area (TPSA) is 55.6 Å². The van der Waals surface area contributed by atoms with Gasteiger partial charge in [-0.25, -0.2) is 4.68 Å². The van der Waals surface area contributed by atoms with Crippen LogP contribution >= 0.6 is 24.2 Å². The van der Waals surface area contributed by atoms with Gasteiger partial charge in [0.15, 0.2) is 0 Å². The van der Waals surface area contributed by atoms with Gasteiger partial charge in [0.1, 0.15) is 0 Å². The van der Waals surface area contributed by atoms with E-state index in [1.54, 1.807) is 16.4 Å². The number of nitrogens with zero attached hydrogens (tertiary/aromatic N) is 4. The molecule has 7 heteroatoms. The molecule has 0 radical (unpaired) electrons. The molecule has 1 aromatic carbocycles. The second kappa shape index (κ2) is 10.4. The predicted octanol–water partition coefficient (Wildman–Crippen LogP) is 2.42. The van der Waals surface area contributed by atoms with Crippen molar-refractivity contribution in [3.05, 3.63) is 42.0 Å². The van der Waals surface area contributed by atoms with Crippen LogP contribution in [0, 0.1) is 0 Å². The van der Waals surface area contributed by atoms with Gasteiger partial charge in [0.2, 0.25) is 5.16 Å². The molecule has 0 fully saturated rings. The van der Waals surface area contributed by atoms with Crippen molar-refractivity contribution in [2.24, 2.45) is 7.05 Å². The molecular weight excluding hydrogens is 306 g/mol. The van der Waals surface area contributed by atoms with E-state index in [4.69, 9.17) is 0 Å². The van der Waals surface area contributed by atoms with E-state index in [2.05, 4.69) is 45.1 Å². The molecule has 0 bridgehead atoms. The third-order valence-electron chi connectivity index (χ3n) is 2.68. The van der Waals surface area contributed by atoms with Crippen LogP contribution in [0.5, 0.6) is 0 Å². The summed E-state index contributed by atoms with van der Waals surface area (Å²) in [5.41, 5.74) is 1.24. The summed E-state index contributed by atoms with van der Waals surface area (Å²) in [5, 5.41) is 15.6. The molecule has 0 saturated heterocycles. The van der Waals surface area contributed by atoms with E-state index in [1.807, 2.05) is 25.2 Å². The standard InChI is InChI=1S/C14H19N5S.ClH/c1-19-14(16-17-18-19)20-12-6-11-15-10-5-9-13-7-3-2-4-8-13;/h2-5,7-9,15H,6,10-12H2,1H3;1H. The third-order valence-corrected chi connectivity index (χ3v) is 3.78. The van der Waals surface area contributed by atoms with E-state index in [0.29, 0.717) is 0 Å². The Labute approximate surface area is 135 Å². The number of nitrogens with one attached hydrogen (secondary N) is 1. The van der Waals surface area contributed by atoms with Crippen LogP contribution in [0.25, 0.3) is 6.08 Å². The molecule has 5 nitrogen and oxygen atoms in total. The highest BCUT2D eigenvalue weighted by Crippen LogP contribution is 2.12. The lowest BCUT2D eigenvalue weighted by Crippen LogP contribution is -2.15. The van der Waals surface area contributed by atoms with Gasteiger partial charge in [-0.15, -0.1) is 17.5 Å². The average Bonchev–Trinajstić information content (AvgIpc) is 2.88. The summed E-state index contributed by atoms with van der Waals surface area (Å²) in [6, 6.07) is 10.3. The number of hydrogen-bond acceptors (Lipinski definition) is 5. The number of benzene rings is 1. The molecule has 0 spiro atoms.